The van der Waals surface area contributed by atoms with Crippen molar-refractivity contribution in [2.24, 2.45) is 7.05 Å². The Kier molecular flexibility index (Phi) is 4.47. The fourth-order valence-electron chi connectivity index (χ4n) is 2.12. The Hall–Kier alpha value is -1.68. The molecule has 0 radical (unpaired) electrons. The minimum absolute atomic E-state index is 0.387. The SMILES string of the molecule is CCNC(CCc1cn(C)nn1)c1ccccc1. The molecule has 18 heavy (non-hydrogen) atoms. The van der Waals surface area contributed by atoms with Gasteiger partial charge in [-0.3, -0.25) is 4.68 Å². The molecule has 4 heteroatoms. The second kappa shape index (κ2) is 6.31. The smallest absolute Gasteiger partial charge is 0.0827 e. The molecule has 0 spiro atoms. The number of hydrogen-bond acceptors (Lipinski definition) is 3. The lowest BCUT2D eigenvalue weighted by molar-refractivity contribution is 0.512. The average molecular weight is 244 g/mol. The summed E-state index contributed by atoms with van der Waals surface area (Å²) in [6.45, 7) is 3.11. The molecule has 2 aromatic rings. The molecule has 1 heterocycles. The molecule has 1 aromatic heterocycles. The zero-order valence-corrected chi connectivity index (χ0v) is 11.0. The van der Waals surface area contributed by atoms with Crippen molar-refractivity contribution in [2.75, 3.05) is 6.54 Å². The van der Waals surface area contributed by atoms with Crippen molar-refractivity contribution in [3.8, 4) is 0 Å². The molecule has 0 saturated carbocycles. The molecule has 2 rings (SSSR count). The second-order valence-corrected chi connectivity index (χ2v) is 4.44. The highest BCUT2D eigenvalue weighted by atomic mass is 15.4. The van der Waals surface area contributed by atoms with Crippen molar-refractivity contribution in [2.45, 2.75) is 25.8 Å². The standard InChI is InChI=1S/C14H20N4/c1-3-15-14(12-7-5-4-6-8-12)10-9-13-11-18(2)17-16-13/h4-8,11,14-15H,3,9-10H2,1-2H3. The van der Waals surface area contributed by atoms with Gasteiger partial charge < -0.3 is 5.32 Å². The van der Waals surface area contributed by atoms with Crippen LogP contribution in [-0.4, -0.2) is 21.5 Å². The van der Waals surface area contributed by atoms with Crippen LogP contribution in [0, 0.1) is 0 Å². The van der Waals surface area contributed by atoms with Gasteiger partial charge in [0, 0.05) is 19.3 Å². The van der Waals surface area contributed by atoms with E-state index >= 15 is 0 Å². The molecule has 0 amide bonds. The molecule has 0 fully saturated rings. The Morgan fingerprint density at radius 3 is 2.67 bits per heavy atom. The van der Waals surface area contributed by atoms with Crippen molar-refractivity contribution in [1.82, 2.24) is 20.3 Å². The van der Waals surface area contributed by atoms with E-state index in [1.54, 1.807) is 4.68 Å². The molecule has 0 aliphatic carbocycles. The van der Waals surface area contributed by atoms with Gasteiger partial charge in [0.2, 0.25) is 0 Å². The number of rotatable bonds is 6. The highest BCUT2D eigenvalue weighted by molar-refractivity contribution is 5.19. The van der Waals surface area contributed by atoms with Crippen molar-refractivity contribution >= 4 is 0 Å². The molecule has 0 aliphatic rings. The summed E-state index contributed by atoms with van der Waals surface area (Å²) in [5, 5.41) is 11.6. The van der Waals surface area contributed by atoms with Gasteiger partial charge >= 0.3 is 0 Å². The summed E-state index contributed by atoms with van der Waals surface area (Å²) in [6, 6.07) is 10.9. The van der Waals surface area contributed by atoms with Crippen molar-refractivity contribution in [3.63, 3.8) is 0 Å². The highest BCUT2D eigenvalue weighted by Crippen LogP contribution is 2.18. The lowest BCUT2D eigenvalue weighted by Crippen LogP contribution is -2.21. The van der Waals surface area contributed by atoms with Crippen LogP contribution in [0.3, 0.4) is 0 Å². The maximum absolute atomic E-state index is 4.13. The quantitative estimate of drug-likeness (QED) is 0.846. The number of benzene rings is 1. The number of aromatic nitrogens is 3. The molecule has 96 valence electrons. The minimum Gasteiger partial charge on any atom is -0.310 e. The van der Waals surface area contributed by atoms with Crippen molar-refractivity contribution in [3.05, 3.63) is 47.8 Å². The molecule has 1 unspecified atom stereocenters. The molecular formula is C14H20N4. The van der Waals surface area contributed by atoms with Crippen LogP contribution in [0.25, 0.3) is 0 Å². The summed E-state index contributed by atoms with van der Waals surface area (Å²) in [5.41, 5.74) is 2.39. The maximum atomic E-state index is 4.13. The van der Waals surface area contributed by atoms with Gasteiger partial charge in [-0.2, -0.15) is 0 Å². The zero-order valence-electron chi connectivity index (χ0n) is 11.0. The van der Waals surface area contributed by atoms with E-state index in [9.17, 15) is 0 Å². The predicted molar refractivity (Wildman–Crippen MR) is 72.2 cm³/mol. The number of nitrogens with one attached hydrogen (secondary N) is 1. The number of aryl methyl sites for hydroxylation is 2. The van der Waals surface area contributed by atoms with E-state index in [1.807, 2.05) is 13.2 Å². The molecule has 0 saturated heterocycles. The van der Waals surface area contributed by atoms with E-state index in [1.165, 1.54) is 5.56 Å². The molecule has 1 atom stereocenters. The Bertz CT molecular complexity index is 464. The monoisotopic (exact) mass is 244 g/mol. The Morgan fingerprint density at radius 2 is 2.06 bits per heavy atom. The second-order valence-electron chi connectivity index (χ2n) is 4.44. The third kappa shape index (κ3) is 3.40. The van der Waals surface area contributed by atoms with E-state index in [-0.39, 0.29) is 0 Å². The van der Waals surface area contributed by atoms with Gasteiger partial charge in [-0.15, -0.1) is 5.10 Å². The summed E-state index contributed by atoms with van der Waals surface area (Å²) in [5.74, 6) is 0. The lowest BCUT2D eigenvalue weighted by Gasteiger charge is -2.17. The molecule has 0 bridgehead atoms. The average Bonchev–Trinajstić information content (AvgIpc) is 2.81. The lowest BCUT2D eigenvalue weighted by atomic mass is 10.0. The molecule has 1 aromatic carbocycles. The van der Waals surface area contributed by atoms with Crippen molar-refractivity contribution in [1.29, 1.82) is 0 Å². The minimum atomic E-state index is 0.387. The zero-order chi connectivity index (χ0) is 12.8. The predicted octanol–water partition coefficient (Wildman–Crippen LogP) is 2.10. The van der Waals surface area contributed by atoms with Gasteiger partial charge in [0.05, 0.1) is 5.69 Å². The number of nitrogens with zero attached hydrogens (tertiary/aromatic N) is 3. The van der Waals surface area contributed by atoms with Crippen LogP contribution < -0.4 is 5.32 Å². The molecular weight excluding hydrogens is 224 g/mol. The van der Waals surface area contributed by atoms with Crippen LogP contribution in [-0.2, 0) is 13.5 Å². The van der Waals surface area contributed by atoms with E-state index in [2.05, 4.69) is 52.9 Å². The summed E-state index contributed by atoms with van der Waals surface area (Å²) >= 11 is 0. The summed E-state index contributed by atoms with van der Waals surface area (Å²) in [4.78, 5) is 0. The summed E-state index contributed by atoms with van der Waals surface area (Å²) < 4.78 is 1.75. The first kappa shape index (κ1) is 12.8. The van der Waals surface area contributed by atoms with E-state index < -0.39 is 0 Å². The molecule has 0 aliphatic heterocycles. The highest BCUT2D eigenvalue weighted by Gasteiger charge is 2.10. The van der Waals surface area contributed by atoms with E-state index in [4.69, 9.17) is 0 Å². The van der Waals surface area contributed by atoms with Crippen molar-refractivity contribution < 1.29 is 0 Å². The first-order valence-electron chi connectivity index (χ1n) is 6.43. The van der Waals surface area contributed by atoms with Gasteiger partial charge in [-0.25, -0.2) is 0 Å². The van der Waals surface area contributed by atoms with Crippen LogP contribution in [0.4, 0.5) is 0 Å². The van der Waals surface area contributed by atoms with Crippen LogP contribution in [0.5, 0.6) is 0 Å². The Balaban J connectivity index is 1.98. The molecule has 4 nitrogen and oxygen atoms in total. The summed E-state index contributed by atoms with van der Waals surface area (Å²) in [7, 11) is 1.90. The third-order valence-electron chi connectivity index (χ3n) is 2.99. The van der Waals surface area contributed by atoms with Gasteiger partial charge in [-0.1, -0.05) is 42.5 Å². The Morgan fingerprint density at radius 1 is 1.28 bits per heavy atom. The van der Waals surface area contributed by atoms with Crippen LogP contribution in [0.1, 0.15) is 30.6 Å². The number of hydrogen-bond donors (Lipinski definition) is 1. The largest absolute Gasteiger partial charge is 0.310 e. The fraction of sp³-hybridized carbons (Fsp3) is 0.429. The normalized spacial score (nSPS) is 12.6. The van der Waals surface area contributed by atoms with E-state index in [0.29, 0.717) is 6.04 Å². The summed E-state index contributed by atoms with van der Waals surface area (Å²) in [6.07, 6.45) is 3.96. The molecule has 1 N–H and O–H groups in total. The van der Waals surface area contributed by atoms with Gasteiger partial charge in [0.15, 0.2) is 0 Å². The van der Waals surface area contributed by atoms with Gasteiger partial charge in [-0.05, 0) is 24.9 Å². The van der Waals surface area contributed by atoms with Crippen LogP contribution in [0.15, 0.2) is 36.5 Å². The topological polar surface area (TPSA) is 42.7 Å². The fourth-order valence-corrected chi connectivity index (χ4v) is 2.12. The Labute approximate surface area is 108 Å². The first-order valence-corrected chi connectivity index (χ1v) is 6.43. The van der Waals surface area contributed by atoms with Gasteiger partial charge in [0.25, 0.3) is 0 Å². The van der Waals surface area contributed by atoms with Crippen LogP contribution >= 0.6 is 0 Å². The third-order valence-corrected chi connectivity index (χ3v) is 2.99. The van der Waals surface area contributed by atoms with E-state index in [0.717, 1.165) is 25.1 Å². The maximum Gasteiger partial charge on any atom is 0.0827 e. The first-order chi connectivity index (χ1) is 8.79. The van der Waals surface area contributed by atoms with Crippen LogP contribution in [0.2, 0.25) is 0 Å². The van der Waals surface area contributed by atoms with Gasteiger partial charge in [0.1, 0.15) is 0 Å².